The Morgan fingerprint density at radius 1 is 0.947 bits per heavy atom. The fourth-order valence-corrected chi connectivity index (χ4v) is 5.53. The molecule has 1 aliphatic rings. The van der Waals surface area contributed by atoms with Gasteiger partial charge in [0.1, 0.15) is 23.2 Å². The van der Waals surface area contributed by atoms with Gasteiger partial charge < -0.3 is 4.74 Å². The summed E-state index contributed by atoms with van der Waals surface area (Å²) in [5, 5.41) is 0. The van der Waals surface area contributed by atoms with E-state index in [1.165, 1.54) is 17.7 Å². The maximum Gasteiger partial charge on any atom is 0.346 e. The highest BCUT2D eigenvalue weighted by molar-refractivity contribution is 5.91. The third-order valence-corrected chi connectivity index (χ3v) is 7.71. The summed E-state index contributed by atoms with van der Waals surface area (Å²) in [6, 6.07) is 17.1. The summed E-state index contributed by atoms with van der Waals surface area (Å²) < 4.78 is 48.8. The van der Waals surface area contributed by atoms with Gasteiger partial charge in [0, 0.05) is 17.7 Å². The van der Waals surface area contributed by atoms with Crippen molar-refractivity contribution in [3.63, 3.8) is 0 Å². The predicted molar refractivity (Wildman–Crippen MR) is 145 cm³/mol. The van der Waals surface area contributed by atoms with Crippen LogP contribution in [0, 0.1) is 23.4 Å². The molecule has 0 aliphatic heterocycles. The zero-order valence-corrected chi connectivity index (χ0v) is 22.1. The highest BCUT2D eigenvalue weighted by Gasteiger charge is 2.25. The van der Waals surface area contributed by atoms with Gasteiger partial charge in [0.2, 0.25) is 0 Å². The quantitative estimate of drug-likeness (QED) is 0.160. The Morgan fingerprint density at radius 2 is 1.63 bits per heavy atom. The Balaban J connectivity index is 1.34. The lowest BCUT2D eigenvalue weighted by Crippen LogP contribution is -2.16. The first-order valence-corrected chi connectivity index (χ1v) is 13.5. The van der Waals surface area contributed by atoms with Gasteiger partial charge in [-0.25, -0.2) is 18.0 Å². The third-order valence-electron chi connectivity index (χ3n) is 7.71. The van der Waals surface area contributed by atoms with Crippen LogP contribution in [-0.4, -0.2) is 5.97 Å². The van der Waals surface area contributed by atoms with E-state index < -0.39 is 23.4 Å². The molecule has 1 fully saturated rings. The molecule has 4 rings (SSSR count). The van der Waals surface area contributed by atoms with E-state index in [1.807, 2.05) is 25.1 Å². The van der Waals surface area contributed by atoms with Gasteiger partial charge in [0.15, 0.2) is 0 Å². The van der Waals surface area contributed by atoms with Crippen LogP contribution in [0.5, 0.6) is 5.75 Å². The van der Waals surface area contributed by atoms with Crippen molar-refractivity contribution < 1.29 is 22.7 Å². The Morgan fingerprint density at radius 3 is 2.26 bits per heavy atom. The number of rotatable bonds is 9. The first-order valence-electron chi connectivity index (χ1n) is 13.5. The second-order valence-corrected chi connectivity index (χ2v) is 10.4. The average molecular weight is 521 g/mol. The monoisotopic (exact) mass is 520 g/mol. The molecule has 3 aromatic rings. The number of carbonyl (C=O) groups is 1. The van der Waals surface area contributed by atoms with E-state index in [4.69, 9.17) is 4.74 Å². The smallest absolute Gasteiger partial charge is 0.346 e. The van der Waals surface area contributed by atoms with Gasteiger partial charge >= 0.3 is 5.97 Å². The van der Waals surface area contributed by atoms with Gasteiger partial charge in [-0.15, -0.1) is 0 Å². The molecule has 0 spiro atoms. The maximum atomic E-state index is 14.9. The van der Waals surface area contributed by atoms with Crippen LogP contribution in [0.25, 0.3) is 0 Å². The number of esters is 1. The minimum absolute atomic E-state index is 0.0670. The van der Waals surface area contributed by atoms with Gasteiger partial charge in [-0.1, -0.05) is 55.5 Å². The Labute approximate surface area is 223 Å². The molecule has 0 unspecified atom stereocenters. The molecule has 200 valence electrons. The predicted octanol–water partition coefficient (Wildman–Crippen LogP) is 9.30. The van der Waals surface area contributed by atoms with Crippen molar-refractivity contribution in [2.75, 3.05) is 0 Å². The van der Waals surface area contributed by atoms with E-state index in [0.29, 0.717) is 18.3 Å². The van der Waals surface area contributed by atoms with Gasteiger partial charge in [0.05, 0.1) is 5.56 Å². The zero-order valence-electron chi connectivity index (χ0n) is 22.1. The topological polar surface area (TPSA) is 26.3 Å². The number of hydrogen-bond donors (Lipinski definition) is 0. The fourth-order valence-electron chi connectivity index (χ4n) is 5.53. The van der Waals surface area contributed by atoms with Crippen molar-refractivity contribution >= 4 is 5.97 Å². The lowest BCUT2D eigenvalue weighted by Gasteiger charge is -2.30. The van der Waals surface area contributed by atoms with Crippen LogP contribution >= 0.6 is 0 Å². The second kappa shape index (κ2) is 12.9. The molecule has 0 bridgehead atoms. The Bertz CT molecular complexity index is 1240. The molecule has 0 radical (unpaired) electrons. The molecule has 0 N–H and O–H groups in total. The van der Waals surface area contributed by atoms with Crippen molar-refractivity contribution in [3.8, 4) is 5.75 Å². The van der Waals surface area contributed by atoms with Crippen molar-refractivity contribution in [1.29, 1.82) is 0 Å². The molecule has 1 aliphatic carbocycles. The van der Waals surface area contributed by atoms with E-state index in [0.717, 1.165) is 49.8 Å². The van der Waals surface area contributed by atoms with Crippen molar-refractivity contribution in [1.82, 2.24) is 0 Å². The fraction of sp³-hybridized carbons (Fsp3) is 0.364. The van der Waals surface area contributed by atoms with Crippen LogP contribution in [0.2, 0.25) is 0 Å². The minimum Gasteiger partial charge on any atom is -0.423 e. The average Bonchev–Trinajstić information content (AvgIpc) is 2.91. The molecule has 0 aromatic heterocycles. The van der Waals surface area contributed by atoms with Crippen molar-refractivity contribution in [2.24, 2.45) is 5.92 Å². The molecule has 1 atom stereocenters. The lowest BCUT2D eigenvalue weighted by atomic mass is 9.75. The van der Waals surface area contributed by atoms with E-state index in [2.05, 4.69) is 31.2 Å². The Kier molecular flexibility index (Phi) is 9.43. The van der Waals surface area contributed by atoms with Crippen LogP contribution < -0.4 is 4.74 Å². The highest BCUT2D eigenvalue weighted by atomic mass is 19.1. The number of carbonyl (C=O) groups excluding carboxylic acids is 1. The highest BCUT2D eigenvalue weighted by Crippen LogP contribution is 2.40. The summed E-state index contributed by atoms with van der Waals surface area (Å²) in [6.45, 7) is 4.11. The molecular formula is C33H35F3O2. The number of benzene rings is 3. The molecule has 0 saturated heterocycles. The number of halogens is 3. The first-order chi connectivity index (χ1) is 18.4. The normalized spacial score (nSPS) is 18.4. The summed E-state index contributed by atoms with van der Waals surface area (Å²) in [5.74, 6) is -2.12. The van der Waals surface area contributed by atoms with Crippen LogP contribution in [0.15, 0.2) is 72.8 Å². The van der Waals surface area contributed by atoms with Gasteiger partial charge in [-0.05, 0) is 92.9 Å². The van der Waals surface area contributed by atoms with Crippen LogP contribution in [0.4, 0.5) is 13.2 Å². The molecule has 1 saturated carbocycles. The maximum absolute atomic E-state index is 14.9. The third kappa shape index (κ3) is 6.94. The van der Waals surface area contributed by atoms with Crippen molar-refractivity contribution in [2.45, 2.75) is 70.6 Å². The van der Waals surface area contributed by atoms with Crippen molar-refractivity contribution in [3.05, 3.63) is 113 Å². The molecular weight excluding hydrogens is 485 g/mol. The summed E-state index contributed by atoms with van der Waals surface area (Å²) in [7, 11) is 0. The largest absolute Gasteiger partial charge is 0.423 e. The van der Waals surface area contributed by atoms with E-state index >= 15 is 0 Å². The van der Waals surface area contributed by atoms with Crippen LogP contribution in [-0.2, 0) is 6.42 Å². The SMILES string of the molecule is CC=CCCc1c(F)cc(OC(=O)c2ccc(C3CCC(C[C@@H](C)c4ccccc4)CC3)cc2F)cc1F. The van der Waals surface area contributed by atoms with Gasteiger partial charge in [-0.3, -0.25) is 0 Å². The molecule has 2 nitrogen and oxygen atoms in total. The van der Waals surface area contributed by atoms with Gasteiger partial charge in [-0.2, -0.15) is 0 Å². The van der Waals surface area contributed by atoms with Crippen LogP contribution in [0.3, 0.4) is 0 Å². The zero-order chi connectivity index (χ0) is 27.1. The molecule has 5 heteroatoms. The number of hydrogen-bond acceptors (Lipinski definition) is 2. The number of allylic oxidation sites excluding steroid dienone is 2. The standard InChI is InChI=1S/C33H35F3O2/c1-3-4-6-11-28-31(35)20-27(21-32(28)36)38-33(37)29-17-16-26(19-30(29)34)25-14-12-23(13-15-25)18-22(2)24-9-7-5-8-10-24/h3-5,7-10,16-17,19-23,25H,6,11-15,18H2,1-2H3/t22-,23?,25?/m1/s1. The molecule has 0 heterocycles. The minimum atomic E-state index is -0.979. The summed E-state index contributed by atoms with van der Waals surface area (Å²) in [4.78, 5) is 12.6. The molecule has 3 aromatic carbocycles. The summed E-state index contributed by atoms with van der Waals surface area (Å²) in [5.41, 5.74) is 1.92. The van der Waals surface area contributed by atoms with E-state index in [9.17, 15) is 18.0 Å². The Hall–Kier alpha value is -3.34. The summed E-state index contributed by atoms with van der Waals surface area (Å²) in [6.07, 6.45) is 9.61. The first kappa shape index (κ1) is 27.7. The van der Waals surface area contributed by atoms with E-state index in [1.54, 1.807) is 6.07 Å². The van der Waals surface area contributed by atoms with Gasteiger partial charge in [0.25, 0.3) is 0 Å². The molecule has 0 amide bonds. The summed E-state index contributed by atoms with van der Waals surface area (Å²) >= 11 is 0. The molecule has 38 heavy (non-hydrogen) atoms. The lowest BCUT2D eigenvalue weighted by molar-refractivity contribution is 0.0729. The number of ether oxygens (including phenoxy) is 1. The van der Waals surface area contributed by atoms with Crippen LogP contribution in [0.1, 0.15) is 91.3 Å². The van der Waals surface area contributed by atoms with E-state index in [-0.39, 0.29) is 29.2 Å². The second-order valence-electron chi connectivity index (χ2n) is 10.4.